The Labute approximate surface area is 95.4 Å². The van der Waals surface area contributed by atoms with Gasteiger partial charge < -0.3 is 15.4 Å². The first-order chi connectivity index (χ1) is 7.59. The summed E-state index contributed by atoms with van der Waals surface area (Å²) in [6.45, 7) is 1.51. The Morgan fingerprint density at radius 1 is 1.44 bits per heavy atom. The number of hydrogen-bond acceptors (Lipinski definition) is 3. The Morgan fingerprint density at radius 2 is 2.06 bits per heavy atom. The molecule has 0 amide bonds. The molecule has 1 rings (SSSR count). The molecule has 0 heterocycles. The maximum absolute atomic E-state index is 10.9. The van der Waals surface area contributed by atoms with Gasteiger partial charge in [-0.05, 0) is 25.2 Å². The SMILES string of the molecule is CB(O)NC(CCc1ccccc1)C(=O)O. The molecule has 0 fully saturated rings. The second-order valence-corrected chi connectivity index (χ2v) is 3.76. The summed E-state index contributed by atoms with van der Waals surface area (Å²) < 4.78 is 0. The zero-order valence-electron chi connectivity index (χ0n) is 9.26. The van der Waals surface area contributed by atoms with Crippen LogP contribution in [0.1, 0.15) is 12.0 Å². The molecule has 1 aromatic rings. The van der Waals surface area contributed by atoms with Gasteiger partial charge in [0.15, 0.2) is 0 Å². The third kappa shape index (κ3) is 4.46. The van der Waals surface area contributed by atoms with Gasteiger partial charge in [-0.25, -0.2) is 0 Å². The van der Waals surface area contributed by atoms with E-state index in [1.807, 2.05) is 30.3 Å². The molecule has 0 radical (unpaired) electrons. The van der Waals surface area contributed by atoms with E-state index in [1.54, 1.807) is 0 Å². The van der Waals surface area contributed by atoms with E-state index in [2.05, 4.69) is 5.23 Å². The Morgan fingerprint density at radius 3 is 2.56 bits per heavy atom. The zero-order chi connectivity index (χ0) is 12.0. The van der Waals surface area contributed by atoms with Crippen LogP contribution in [-0.4, -0.2) is 29.2 Å². The average Bonchev–Trinajstić information content (AvgIpc) is 2.25. The number of carboxylic acid groups (broad SMARTS) is 1. The van der Waals surface area contributed by atoms with Crippen LogP contribution < -0.4 is 5.23 Å². The van der Waals surface area contributed by atoms with Crippen molar-refractivity contribution in [2.45, 2.75) is 25.7 Å². The van der Waals surface area contributed by atoms with E-state index in [0.717, 1.165) is 5.56 Å². The topological polar surface area (TPSA) is 69.6 Å². The molecule has 0 saturated carbocycles. The molecule has 3 N–H and O–H groups in total. The smallest absolute Gasteiger partial charge is 0.374 e. The quantitative estimate of drug-likeness (QED) is 0.620. The molecular formula is C11H16BNO3. The number of nitrogens with one attached hydrogen (secondary N) is 1. The fraction of sp³-hybridized carbons (Fsp3) is 0.364. The number of hydrogen-bond donors (Lipinski definition) is 3. The fourth-order valence-corrected chi connectivity index (χ4v) is 1.52. The zero-order valence-corrected chi connectivity index (χ0v) is 9.26. The number of rotatable bonds is 6. The lowest BCUT2D eigenvalue weighted by molar-refractivity contribution is -0.139. The molecule has 0 aromatic heterocycles. The Hall–Kier alpha value is -1.33. The van der Waals surface area contributed by atoms with E-state index in [-0.39, 0.29) is 0 Å². The van der Waals surface area contributed by atoms with Crippen molar-refractivity contribution in [3.8, 4) is 0 Å². The summed E-state index contributed by atoms with van der Waals surface area (Å²) >= 11 is 0. The largest absolute Gasteiger partial charge is 0.480 e. The predicted molar refractivity (Wildman–Crippen MR) is 63.2 cm³/mol. The molecule has 0 spiro atoms. The molecule has 0 bridgehead atoms. The molecule has 0 aliphatic heterocycles. The van der Waals surface area contributed by atoms with Crippen LogP contribution in [0.3, 0.4) is 0 Å². The summed E-state index contributed by atoms with van der Waals surface area (Å²) in [4.78, 5) is 10.9. The first kappa shape index (κ1) is 12.7. The average molecular weight is 221 g/mol. The second kappa shape index (κ2) is 6.30. The van der Waals surface area contributed by atoms with Crippen molar-refractivity contribution in [2.75, 3.05) is 0 Å². The molecule has 0 aliphatic rings. The molecule has 0 aliphatic carbocycles. The Balaban J connectivity index is 2.47. The number of carboxylic acids is 1. The molecule has 5 heteroatoms. The minimum Gasteiger partial charge on any atom is -0.480 e. The van der Waals surface area contributed by atoms with Gasteiger partial charge in [0.25, 0.3) is 0 Å². The van der Waals surface area contributed by atoms with Crippen molar-refractivity contribution >= 4 is 13.0 Å². The van der Waals surface area contributed by atoms with Crippen LogP contribution in [0.25, 0.3) is 0 Å². The molecule has 0 saturated heterocycles. The van der Waals surface area contributed by atoms with Crippen molar-refractivity contribution in [3.63, 3.8) is 0 Å². The molecule has 16 heavy (non-hydrogen) atoms. The standard InChI is InChI=1S/C11H16BNO3/c1-12(16)13-10(11(14)15)8-7-9-5-3-2-4-6-9/h2-6,10,13,16H,7-8H2,1H3,(H,14,15). The van der Waals surface area contributed by atoms with Gasteiger partial charge in [-0.3, -0.25) is 4.79 Å². The summed E-state index contributed by atoms with van der Waals surface area (Å²) in [6, 6.07) is 8.98. The highest BCUT2D eigenvalue weighted by Crippen LogP contribution is 2.05. The summed E-state index contributed by atoms with van der Waals surface area (Å²) in [5.74, 6) is -0.933. The summed E-state index contributed by atoms with van der Waals surface area (Å²) in [7, 11) is -0.808. The van der Waals surface area contributed by atoms with Gasteiger partial charge in [0.1, 0.15) is 0 Å². The Kier molecular flexibility index (Phi) is 5.02. The van der Waals surface area contributed by atoms with Crippen LogP contribution in [0.15, 0.2) is 30.3 Å². The third-order valence-electron chi connectivity index (χ3n) is 2.30. The first-order valence-electron chi connectivity index (χ1n) is 5.30. The van der Waals surface area contributed by atoms with Crippen LogP contribution in [0.4, 0.5) is 0 Å². The number of benzene rings is 1. The molecule has 1 atom stereocenters. The van der Waals surface area contributed by atoms with Gasteiger partial charge in [0, 0.05) is 0 Å². The van der Waals surface area contributed by atoms with Crippen molar-refractivity contribution in [1.29, 1.82) is 0 Å². The highest BCUT2D eigenvalue weighted by atomic mass is 16.4. The van der Waals surface area contributed by atoms with E-state index in [1.165, 1.54) is 6.82 Å². The van der Waals surface area contributed by atoms with Gasteiger partial charge in [-0.1, -0.05) is 30.3 Å². The fourth-order valence-electron chi connectivity index (χ4n) is 1.52. The summed E-state index contributed by atoms with van der Waals surface area (Å²) in [5.41, 5.74) is 1.10. The number of carbonyl (C=O) groups is 1. The van der Waals surface area contributed by atoms with Crippen LogP contribution in [0, 0.1) is 0 Å². The lowest BCUT2D eigenvalue weighted by Gasteiger charge is -2.14. The van der Waals surface area contributed by atoms with Crippen molar-refractivity contribution in [1.82, 2.24) is 5.23 Å². The van der Waals surface area contributed by atoms with Gasteiger partial charge >= 0.3 is 13.0 Å². The molecule has 4 nitrogen and oxygen atoms in total. The Bertz CT molecular complexity index is 329. The van der Waals surface area contributed by atoms with Crippen molar-refractivity contribution < 1.29 is 14.9 Å². The van der Waals surface area contributed by atoms with Crippen LogP contribution in [0.5, 0.6) is 0 Å². The molecular weight excluding hydrogens is 205 g/mol. The lowest BCUT2D eigenvalue weighted by atomic mass is 9.86. The predicted octanol–water partition coefficient (Wildman–Crippen LogP) is 0.772. The molecule has 1 unspecified atom stereocenters. The van der Waals surface area contributed by atoms with Crippen molar-refractivity contribution in [2.24, 2.45) is 0 Å². The van der Waals surface area contributed by atoms with E-state index in [0.29, 0.717) is 12.8 Å². The van der Waals surface area contributed by atoms with Gasteiger partial charge in [-0.2, -0.15) is 0 Å². The lowest BCUT2D eigenvalue weighted by Crippen LogP contribution is -2.45. The highest BCUT2D eigenvalue weighted by Gasteiger charge is 2.19. The normalized spacial score (nSPS) is 12.1. The maximum Gasteiger partial charge on any atom is 0.374 e. The van der Waals surface area contributed by atoms with Gasteiger partial charge in [0.05, 0.1) is 6.04 Å². The first-order valence-corrected chi connectivity index (χ1v) is 5.30. The van der Waals surface area contributed by atoms with Crippen LogP contribution in [-0.2, 0) is 11.2 Å². The maximum atomic E-state index is 10.9. The second-order valence-electron chi connectivity index (χ2n) is 3.76. The van der Waals surface area contributed by atoms with Crippen LogP contribution in [0.2, 0.25) is 6.82 Å². The molecule has 86 valence electrons. The monoisotopic (exact) mass is 221 g/mol. The van der Waals surface area contributed by atoms with E-state index >= 15 is 0 Å². The highest BCUT2D eigenvalue weighted by molar-refractivity contribution is 6.46. The minimum absolute atomic E-state index is 0.463. The van der Waals surface area contributed by atoms with Gasteiger partial charge in [0.2, 0.25) is 0 Å². The van der Waals surface area contributed by atoms with Gasteiger partial charge in [-0.15, -0.1) is 0 Å². The third-order valence-corrected chi connectivity index (χ3v) is 2.30. The molecule has 1 aromatic carbocycles. The van der Waals surface area contributed by atoms with Crippen LogP contribution >= 0.6 is 0 Å². The summed E-state index contributed by atoms with van der Waals surface area (Å²) in [5, 5.41) is 20.6. The number of aliphatic carboxylic acids is 1. The van der Waals surface area contributed by atoms with Crippen molar-refractivity contribution in [3.05, 3.63) is 35.9 Å². The summed E-state index contributed by atoms with van der Waals surface area (Å²) in [6.07, 6.45) is 1.14. The number of aryl methyl sites for hydroxylation is 1. The van der Waals surface area contributed by atoms with E-state index in [4.69, 9.17) is 10.1 Å². The minimum atomic E-state index is -0.933. The van der Waals surface area contributed by atoms with E-state index in [9.17, 15) is 4.79 Å². The van der Waals surface area contributed by atoms with E-state index < -0.39 is 19.1 Å².